The van der Waals surface area contributed by atoms with Crippen molar-refractivity contribution in [3.63, 3.8) is 0 Å². The van der Waals surface area contributed by atoms with Crippen LogP contribution in [0.1, 0.15) is 24.0 Å². The van der Waals surface area contributed by atoms with Crippen LogP contribution in [0.4, 0.5) is 4.39 Å². The van der Waals surface area contributed by atoms with Gasteiger partial charge in [0.2, 0.25) is 10.0 Å². The molecule has 2 aliphatic heterocycles. The Morgan fingerprint density at radius 2 is 1.86 bits per heavy atom. The predicted octanol–water partition coefficient (Wildman–Crippen LogP) is 2.24. The average Bonchev–Trinajstić information content (AvgIpc) is 2.99. The van der Waals surface area contributed by atoms with E-state index in [-0.39, 0.29) is 28.5 Å². The van der Waals surface area contributed by atoms with Crippen LogP contribution in [0.5, 0.6) is 0 Å². The zero-order chi connectivity index (χ0) is 15.3. The van der Waals surface area contributed by atoms with Crippen molar-refractivity contribution in [3.8, 4) is 0 Å². The monoisotopic (exact) mass is 348 g/mol. The minimum atomic E-state index is -3.54. The Labute approximate surface area is 137 Å². The number of sulfonamides is 1. The van der Waals surface area contributed by atoms with Crippen LogP contribution in [-0.4, -0.2) is 38.9 Å². The molecule has 3 rings (SSSR count). The molecule has 2 aliphatic rings. The van der Waals surface area contributed by atoms with E-state index in [1.165, 1.54) is 12.1 Å². The Bertz CT molecular complexity index is 649. The molecule has 1 aromatic rings. The first-order chi connectivity index (χ1) is 9.84. The molecule has 0 radical (unpaired) electrons. The van der Waals surface area contributed by atoms with Crippen LogP contribution in [0.15, 0.2) is 17.0 Å². The molecular weight excluding hydrogens is 327 g/mol. The lowest BCUT2D eigenvalue weighted by molar-refractivity contribution is 0.338. The second-order valence-corrected chi connectivity index (χ2v) is 8.26. The summed E-state index contributed by atoms with van der Waals surface area (Å²) >= 11 is 0. The lowest BCUT2D eigenvalue weighted by Crippen LogP contribution is -2.34. The van der Waals surface area contributed by atoms with Crippen molar-refractivity contribution in [2.24, 2.45) is 5.41 Å². The Balaban J connectivity index is 0.00000176. The van der Waals surface area contributed by atoms with Gasteiger partial charge in [0.25, 0.3) is 0 Å². The van der Waals surface area contributed by atoms with Crippen molar-refractivity contribution < 1.29 is 12.8 Å². The summed E-state index contributed by atoms with van der Waals surface area (Å²) in [4.78, 5) is 0.270. The van der Waals surface area contributed by atoms with E-state index in [9.17, 15) is 12.8 Å². The molecule has 0 saturated carbocycles. The van der Waals surface area contributed by atoms with E-state index in [1.807, 2.05) is 0 Å². The number of benzene rings is 1. The van der Waals surface area contributed by atoms with Crippen molar-refractivity contribution in [2.45, 2.75) is 31.6 Å². The highest BCUT2D eigenvalue weighted by Gasteiger charge is 2.45. The summed E-state index contributed by atoms with van der Waals surface area (Å²) < 4.78 is 40.8. The van der Waals surface area contributed by atoms with E-state index in [4.69, 9.17) is 0 Å². The van der Waals surface area contributed by atoms with Gasteiger partial charge in [-0.3, -0.25) is 0 Å². The zero-order valence-electron chi connectivity index (χ0n) is 12.9. The smallest absolute Gasteiger partial charge is 0.243 e. The summed E-state index contributed by atoms with van der Waals surface area (Å²) in [7, 11) is -3.54. The van der Waals surface area contributed by atoms with Gasteiger partial charge in [-0.15, -0.1) is 12.4 Å². The molecule has 22 heavy (non-hydrogen) atoms. The molecule has 1 N–H and O–H groups in total. The number of hydrogen-bond donors (Lipinski definition) is 1. The maximum atomic E-state index is 13.4. The van der Waals surface area contributed by atoms with Gasteiger partial charge < -0.3 is 5.32 Å². The van der Waals surface area contributed by atoms with Crippen molar-refractivity contribution in [3.05, 3.63) is 29.1 Å². The van der Waals surface area contributed by atoms with Crippen LogP contribution in [0, 0.1) is 25.1 Å². The molecule has 0 amide bonds. The number of aryl methyl sites for hydroxylation is 2. The van der Waals surface area contributed by atoms with Crippen molar-refractivity contribution >= 4 is 22.4 Å². The van der Waals surface area contributed by atoms with Crippen LogP contribution in [-0.2, 0) is 10.0 Å². The van der Waals surface area contributed by atoms with Gasteiger partial charge in [0.15, 0.2) is 0 Å². The topological polar surface area (TPSA) is 49.4 Å². The van der Waals surface area contributed by atoms with Crippen LogP contribution in [0.2, 0.25) is 0 Å². The highest BCUT2D eigenvalue weighted by molar-refractivity contribution is 7.89. The molecule has 7 heteroatoms. The number of nitrogens with one attached hydrogen (secondary N) is 1. The van der Waals surface area contributed by atoms with Crippen molar-refractivity contribution in [2.75, 3.05) is 26.2 Å². The fraction of sp³-hybridized carbons (Fsp3) is 0.600. The Hall–Kier alpha value is -0.690. The summed E-state index contributed by atoms with van der Waals surface area (Å²) in [5.74, 6) is -0.387. The lowest BCUT2D eigenvalue weighted by atomic mass is 9.87. The lowest BCUT2D eigenvalue weighted by Gasteiger charge is -2.23. The second kappa shape index (κ2) is 6.07. The van der Waals surface area contributed by atoms with Gasteiger partial charge in [0, 0.05) is 19.6 Å². The highest BCUT2D eigenvalue weighted by atomic mass is 35.5. The molecule has 124 valence electrons. The van der Waals surface area contributed by atoms with Gasteiger partial charge in [0.1, 0.15) is 5.82 Å². The molecule has 4 nitrogen and oxygen atoms in total. The standard InChI is InChI=1S/C15H21FN2O2S.ClH/c1-11-7-13(16)8-12(2)14(11)21(19,20)18-6-4-15(10-18)3-5-17-9-15;/h7-8,17H,3-6,9-10H2,1-2H3;1H. The quantitative estimate of drug-likeness (QED) is 0.891. The van der Waals surface area contributed by atoms with E-state index in [1.54, 1.807) is 18.2 Å². The first kappa shape index (κ1) is 17.7. The second-order valence-electron chi connectivity index (χ2n) is 6.38. The molecule has 1 atom stereocenters. The summed E-state index contributed by atoms with van der Waals surface area (Å²) in [6.45, 7) is 6.29. The number of nitrogens with zero attached hydrogens (tertiary/aromatic N) is 1. The minimum Gasteiger partial charge on any atom is -0.316 e. The zero-order valence-corrected chi connectivity index (χ0v) is 14.5. The maximum absolute atomic E-state index is 13.4. The summed E-state index contributed by atoms with van der Waals surface area (Å²) in [5, 5.41) is 3.33. The first-order valence-corrected chi connectivity index (χ1v) is 8.76. The third-order valence-corrected chi connectivity index (χ3v) is 6.91. The molecule has 0 aliphatic carbocycles. The minimum absolute atomic E-state index is 0. The van der Waals surface area contributed by atoms with Crippen molar-refractivity contribution in [1.29, 1.82) is 0 Å². The van der Waals surface area contributed by atoms with Gasteiger partial charge in [-0.1, -0.05) is 0 Å². The molecule has 2 heterocycles. The van der Waals surface area contributed by atoms with E-state index in [0.29, 0.717) is 24.2 Å². The van der Waals surface area contributed by atoms with Crippen LogP contribution >= 0.6 is 12.4 Å². The molecule has 1 unspecified atom stereocenters. The Morgan fingerprint density at radius 1 is 1.23 bits per heavy atom. The van der Waals surface area contributed by atoms with E-state index in [0.717, 1.165) is 25.9 Å². The van der Waals surface area contributed by atoms with E-state index in [2.05, 4.69) is 5.32 Å². The van der Waals surface area contributed by atoms with Gasteiger partial charge >= 0.3 is 0 Å². The largest absolute Gasteiger partial charge is 0.316 e. The van der Waals surface area contributed by atoms with Crippen LogP contribution < -0.4 is 5.32 Å². The van der Waals surface area contributed by atoms with Gasteiger partial charge in [-0.05, 0) is 61.9 Å². The molecule has 2 fully saturated rings. The van der Waals surface area contributed by atoms with Gasteiger partial charge in [-0.25, -0.2) is 12.8 Å². The number of halogens is 2. The third-order valence-electron chi connectivity index (χ3n) is 4.76. The van der Waals surface area contributed by atoms with Crippen LogP contribution in [0.3, 0.4) is 0 Å². The highest BCUT2D eigenvalue weighted by Crippen LogP contribution is 2.39. The molecule has 2 saturated heterocycles. The number of rotatable bonds is 2. The molecule has 0 bridgehead atoms. The average molecular weight is 349 g/mol. The molecule has 1 aromatic carbocycles. The molecular formula is C15H22ClFN2O2S. The molecule has 1 spiro atoms. The predicted molar refractivity (Wildman–Crippen MR) is 86.4 cm³/mol. The molecule has 0 aromatic heterocycles. The van der Waals surface area contributed by atoms with E-state index >= 15 is 0 Å². The summed E-state index contributed by atoms with van der Waals surface area (Å²) in [6.07, 6.45) is 1.93. The SMILES string of the molecule is Cc1cc(F)cc(C)c1S(=O)(=O)N1CCC2(CCNC2)C1.Cl. The Morgan fingerprint density at radius 3 is 2.41 bits per heavy atom. The number of hydrogen-bond acceptors (Lipinski definition) is 3. The van der Waals surface area contributed by atoms with Gasteiger partial charge in [0.05, 0.1) is 4.90 Å². The fourth-order valence-electron chi connectivity index (χ4n) is 3.68. The first-order valence-electron chi connectivity index (χ1n) is 7.32. The van der Waals surface area contributed by atoms with Gasteiger partial charge in [-0.2, -0.15) is 4.31 Å². The fourth-order valence-corrected chi connectivity index (χ4v) is 5.64. The maximum Gasteiger partial charge on any atom is 0.243 e. The third kappa shape index (κ3) is 2.89. The van der Waals surface area contributed by atoms with Crippen LogP contribution in [0.25, 0.3) is 0 Å². The Kier molecular flexibility index (Phi) is 4.88. The van der Waals surface area contributed by atoms with E-state index < -0.39 is 10.0 Å². The summed E-state index contributed by atoms with van der Waals surface area (Å²) in [5.41, 5.74) is 1.06. The normalized spacial score (nSPS) is 25.6. The summed E-state index contributed by atoms with van der Waals surface area (Å²) in [6, 6.07) is 2.59. The van der Waals surface area contributed by atoms with Crippen molar-refractivity contribution in [1.82, 2.24) is 9.62 Å².